The normalized spacial score (nSPS) is 27.7. The third-order valence-corrected chi connectivity index (χ3v) is 4.96. The van der Waals surface area contributed by atoms with E-state index >= 15 is 0 Å². The highest BCUT2D eigenvalue weighted by Crippen LogP contribution is 2.34. The van der Waals surface area contributed by atoms with Gasteiger partial charge in [-0.25, -0.2) is 0 Å². The standard InChI is InChI=1S/C16H30O4Si/c1-12(14(17)18)8-13(10-21(5,6)7)9-16(4)11-19-15(2,3)20-16/h9,12H,8,10-11H2,1-7H3,(H,17,18)/b13-9-/t12-,16-/m1/s1. The second-order valence-corrected chi connectivity index (χ2v) is 13.6. The lowest BCUT2D eigenvalue weighted by atomic mass is 9.97. The second kappa shape index (κ2) is 6.22. The molecular formula is C16H30O4Si. The van der Waals surface area contributed by atoms with Crippen LogP contribution in [-0.2, 0) is 14.3 Å². The van der Waals surface area contributed by atoms with Crippen LogP contribution < -0.4 is 0 Å². The summed E-state index contributed by atoms with van der Waals surface area (Å²) >= 11 is 0. The van der Waals surface area contributed by atoms with Crippen molar-refractivity contribution in [1.29, 1.82) is 0 Å². The summed E-state index contributed by atoms with van der Waals surface area (Å²) in [6, 6.07) is 0.990. The molecule has 0 bridgehead atoms. The molecule has 1 fully saturated rings. The predicted molar refractivity (Wildman–Crippen MR) is 87.2 cm³/mol. The van der Waals surface area contributed by atoms with Crippen molar-refractivity contribution in [1.82, 2.24) is 0 Å². The minimum Gasteiger partial charge on any atom is -0.481 e. The van der Waals surface area contributed by atoms with Gasteiger partial charge in [-0.3, -0.25) is 4.79 Å². The Balaban J connectivity index is 2.95. The highest BCUT2D eigenvalue weighted by atomic mass is 28.3. The molecule has 0 amide bonds. The van der Waals surface area contributed by atoms with Crippen LogP contribution in [0.4, 0.5) is 0 Å². The number of hydrogen-bond donors (Lipinski definition) is 1. The van der Waals surface area contributed by atoms with Crippen LogP contribution >= 0.6 is 0 Å². The van der Waals surface area contributed by atoms with Crippen molar-refractivity contribution in [2.75, 3.05) is 6.61 Å². The molecule has 21 heavy (non-hydrogen) atoms. The Kier molecular flexibility index (Phi) is 5.45. The van der Waals surface area contributed by atoms with E-state index in [4.69, 9.17) is 14.6 Å². The molecule has 1 rings (SSSR count). The molecule has 1 heterocycles. The summed E-state index contributed by atoms with van der Waals surface area (Å²) in [5.74, 6) is -1.69. The molecule has 1 N–H and O–H groups in total. The second-order valence-electron chi connectivity index (χ2n) is 8.09. The third-order valence-electron chi connectivity index (χ3n) is 3.44. The fourth-order valence-corrected chi connectivity index (χ4v) is 4.39. The van der Waals surface area contributed by atoms with Crippen LogP contribution in [-0.4, -0.2) is 37.1 Å². The SMILES string of the molecule is C[C@H](C/C(=C/[C@]1(C)COC(C)(C)O1)C[Si](C)(C)C)C(=O)O. The van der Waals surface area contributed by atoms with Gasteiger partial charge in [0.15, 0.2) is 5.79 Å². The summed E-state index contributed by atoms with van der Waals surface area (Å²) in [6.45, 7) is 15.0. The first-order valence-electron chi connectivity index (χ1n) is 7.59. The summed E-state index contributed by atoms with van der Waals surface area (Å²) in [5.41, 5.74) is 0.726. The smallest absolute Gasteiger partial charge is 0.306 e. The molecule has 5 heteroatoms. The van der Waals surface area contributed by atoms with Gasteiger partial charge >= 0.3 is 5.97 Å². The van der Waals surface area contributed by atoms with Gasteiger partial charge in [0.05, 0.1) is 12.5 Å². The van der Waals surface area contributed by atoms with E-state index in [-0.39, 0.29) is 5.92 Å². The van der Waals surface area contributed by atoms with E-state index in [0.29, 0.717) is 13.0 Å². The number of carbonyl (C=O) groups is 1. The van der Waals surface area contributed by atoms with Gasteiger partial charge in [0.2, 0.25) is 0 Å². The molecule has 0 saturated carbocycles. The van der Waals surface area contributed by atoms with Gasteiger partial charge in [-0.15, -0.1) is 0 Å². The largest absolute Gasteiger partial charge is 0.481 e. The van der Waals surface area contributed by atoms with Crippen molar-refractivity contribution in [3.05, 3.63) is 11.6 Å². The van der Waals surface area contributed by atoms with Crippen LogP contribution in [0, 0.1) is 5.92 Å². The van der Waals surface area contributed by atoms with Crippen LogP contribution in [0.15, 0.2) is 11.6 Å². The van der Waals surface area contributed by atoms with Crippen LogP contribution in [0.3, 0.4) is 0 Å². The minimum absolute atomic E-state index is 0.369. The molecule has 1 aliphatic heterocycles. The first-order chi connectivity index (χ1) is 9.32. The molecule has 4 nitrogen and oxygen atoms in total. The van der Waals surface area contributed by atoms with Gasteiger partial charge in [-0.05, 0) is 33.2 Å². The Bertz CT molecular complexity index is 422. The average molecular weight is 314 g/mol. The van der Waals surface area contributed by atoms with Crippen molar-refractivity contribution in [3.63, 3.8) is 0 Å². The van der Waals surface area contributed by atoms with E-state index in [9.17, 15) is 4.79 Å². The lowest BCUT2D eigenvalue weighted by Gasteiger charge is -2.26. The zero-order chi connectivity index (χ0) is 16.5. The minimum atomic E-state index is -1.32. The Morgan fingerprint density at radius 2 is 1.90 bits per heavy atom. The van der Waals surface area contributed by atoms with Crippen LogP contribution in [0.1, 0.15) is 34.1 Å². The van der Waals surface area contributed by atoms with Gasteiger partial charge < -0.3 is 14.6 Å². The topological polar surface area (TPSA) is 55.8 Å². The predicted octanol–water partition coefficient (Wildman–Crippen LogP) is 3.90. The number of allylic oxidation sites excluding steroid dienone is 1. The highest BCUT2D eigenvalue weighted by Gasteiger charge is 2.41. The van der Waals surface area contributed by atoms with Gasteiger partial charge in [0.25, 0.3) is 0 Å². The van der Waals surface area contributed by atoms with Crippen LogP contribution in [0.2, 0.25) is 25.7 Å². The maximum absolute atomic E-state index is 11.1. The van der Waals surface area contributed by atoms with Gasteiger partial charge in [0, 0.05) is 8.07 Å². The van der Waals surface area contributed by atoms with E-state index < -0.39 is 25.4 Å². The molecule has 0 spiro atoms. The van der Waals surface area contributed by atoms with Gasteiger partial charge in [0.1, 0.15) is 5.60 Å². The van der Waals surface area contributed by atoms with Crippen molar-refractivity contribution in [2.45, 2.75) is 71.2 Å². The van der Waals surface area contributed by atoms with Crippen molar-refractivity contribution >= 4 is 14.0 Å². The summed E-state index contributed by atoms with van der Waals surface area (Å²) in [4.78, 5) is 11.1. The van der Waals surface area contributed by atoms with Gasteiger partial charge in [-0.1, -0.05) is 38.2 Å². The van der Waals surface area contributed by atoms with E-state index in [2.05, 4.69) is 25.7 Å². The number of carboxylic acid groups (broad SMARTS) is 1. The molecule has 0 aromatic carbocycles. The molecular weight excluding hydrogens is 284 g/mol. The lowest BCUT2D eigenvalue weighted by Crippen LogP contribution is -2.30. The summed E-state index contributed by atoms with van der Waals surface area (Å²) in [6.07, 6.45) is 2.69. The van der Waals surface area contributed by atoms with Crippen molar-refractivity contribution < 1.29 is 19.4 Å². The fraction of sp³-hybridized carbons (Fsp3) is 0.812. The maximum Gasteiger partial charge on any atom is 0.306 e. The molecule has 0 aromatic heterocycles. The molecule has 0 aliphatic carbocycles. The molecule has 122 valence electrons. The molecule has 2 atom stereocenters. The number of rotatable bonds is 6. The summed E-state index contributed by atoms with van der Waals surface area (Å²) in [7, 11) is -1.32. The van der Waals surface area contributed by atoms with E-state index in [0.717, 1.165) is 6.04 Å². The first kappa shape index (κ1) is 18.4. The molecule has 0 radical (unpaired) electrons. The Morgan fingerprint density at radius 3 is 2.29 bits per heavy atom. The maximum atomic E-state index is 11.1. The third kappa shape index (κ3) is 6.32. The first-order valence-corrected chi connectivity index (χ1v) is 11.3. The molecule has 0 aromatic rings. The number of carboxylic acids is 1. The highest BCUT2D eigenvalue weighted by molar-refractivity contribution is 6.76. The van der Waals surface area contributed by atoms with Crippen molar-refractivity contribution in [3.8, 4) is 0 Å². The van der Waals surface area contributed by atoms with E-state index in [1.807, 2.05) is 20.8 Å². The van der Waals surface area contributed by atoms with Crippen LogP contribution in [0.25, 0.3) is 0 Å². The summed E-state index contributed by atoms with van der Waals surface area (Å²) in [5, 5.41) is 9.17. The zero-order valence-corrected chi connectivity index (χ0v) is 15.4. The monoisotopic (exact) mass is 314 g/mol. The molecule has 1 saturated heterocycles. The number of aliphatic carboxylic acids is 1. The Morgan fingerprint density at radius 1 is 1.33 bits per heavy atom. The van der Waals surface area contributed by atoms with E-state index in [1.165, 1.54) is 5.57 Å². The zero-order valence-electron chi connectivity index (χ0n) is 14.4. The number of hydrogen-bond acceptors (Lipinski definition) is 3. The molecule has 1 aliphatic rings. The quantitative estimate of drug-likeness (QED) is 0.596. The van der Waals surface area contributed by atoms with Crippen LogP contribution in [0.5, 0.6) is 0 Å². The fourth-order valence-electron chi connectivity index (χ4n) is 2.78. The summed E-state index contributed by atoms with van der Waals surface area (Å²) < 4.78 is 11.7. The number of ether oxygens (including phenoxy) is 2. The lowest BCUT2D eigenvalue weighted by molar-refractivity contribution is -0.148. The average Bonchev–Trinajstić information content (AvgIpc) is 2.49. The Hall–Kier alpha value is -0.653. The van der Waals surface area contributed by atoms with E-state index in [1.54, 1.807) is 6.92 Å². The Labute approximate surface area is 129 Å². The van der Waals surface area contributed by atoms with Gasteiger partial charge in [-0.2, -0.15) is 0 Å². The van der Waals surface area contributed by atoms with Crippen molar-refractivity contribution in [2.24, 2.45) is 5.92 Å². The molecule has 0 unspecified atom stereocenters.